The number of thiophene rings is 1. The molecule has 16 heteroatoms. The second kappa shape index (κ2) is 31.9. The van der Waals surface area contributed by atoms with Crippen LogP contribution in [0.5, 0.6) is 11.5 Å². The fraction of sp³-hybridized carbons (Fsp3) is 0.483. The first-order chi connectivity index (χ1) is 37.0. The largest absolute Gasteiger partial charge is 0.495 e. The lowest BCUT2D eigenvalue weighted by atomic mass is 9.88. The van der Waals surface area contributed by atoms with Gasteiger partial charge in [-0.15, -0.1) is 0 Å². The van der Waals surface area contributed by atoms with E-state index in [0.717, 1.165) is 49.0 Å². The zero-order valence-corrected chi connectivity index (χ0v) is 45.4. The molecule has 3 aromatic carbocycles. The second-order valence-corrected chi connectivity index (χ2v) is 20.6. The number of carbonyl (C=O) groups is 5. The summed E-state index contributed by atoms with van der Waals surface area (Å²) in [5, 5.41) is 31.7. The van der Waals surface area contributed by atoms with Crippen LogP contribution in [0.3, 0.4) is 0 Å². The first-order valence-electron chi connectivity index (χ1n) is 27.4. The molecule has 9 N–H and O–H groups in total. The highest BCUT2D eigenvalue weighted by Crippen LogP contribution is 2.35. The number of methoxy groups -OCH3 is 1. The molecule has 4 amide bonds. The number of aliphatic carboxylic acids is 1. The molecule has 1 heterocycles. The number of ketones is 1. The van der Waals surface area contributed by atoms with Crippen molar-refractivity contribution in [2.24, 2.45) is 17.6 Å². The van der Waals surface area contributed by atoms with Gasteiger partial charge in [-0.2, -0.15) is 11.3 Å². The number of amides is 4. The van der Waals surface area contributed by atoms with Gasteiger partial charge in [-0.1, -0.05) is 82.3 Å². The van der Waals surface area contributed by atoms with E-state index in [1.54, 1.807) is 24.3 Å². The van der Waals surface area contributed by atoms with Gasteiger partial charge in [0.05, 0.1) is 37.0 Å². The Kier molecular flexibility index (Phi) is 24.5. The lowest BCUT2D eigenvalue weighted by Gasteiger charge is -2.19. The number of unbranched alkanes of at least 4 members (excludes halogenated alkanes) is 6. The van der Waals surface area contributed by atoms with Gasteiger partial charge in [-0.05, 0) is 146 Å². The SMILES string of the molecule is CCCCCCCCNC(=O)NCCNC(=O)c1cc(C#CCCC(=O)O)c(NCC(=O)c2cc(OC)c(NC(=O)c3cc(/C=C/C4CCCCC4)cc(NCC4CC4)c3)cc2CCCCN)c(OCc2ccsc2)c1. The number of benzene rings is 3. The average molecular weight is 1060 g/mol. The summed E-state index contributed by atoms with van der Waals surface area (Å²) in [7, 11) is 1.50. The Hall–Kier alpha value is -6.83. The number of carboxylic acid groups (broad SMARTS) is 1. The first kappa shape index (κ1) is 58.4. The number of ether oxygens (including phenoxy) is 2. The molecule has 408 valence electrons. The van der Waals surface area contributed by atoms with Crippen molar-refractivity contribution in [3.63, 3.8) is 0 Å². The molecule has 0 saturated heterocycles. The Morgan fingerprint density at radius 3 is 2.34 bits per heavy atom. The summed E-state index contributed by atoms with van der Waals surface area (Å²) >= 11 is 1.51. The van der Waals surface area contributed by atoms with Gasteiger partial charge in [0, 0.05) is 55.0 Å². The fourth-order valence-electron chi connectivity index (χ4n) is 9.04. The molecule has 4 aromatic rings. The van der Waals surface area contributed by atoms with Crippen LogP contribution >= 0.6 is 11.3 Å². The van der Waals surface area contributed by atoms with Crippen LogP contribution in [0.25, 0.3) is 6.08 Å². The van der Waals surface area contributed by atoms with E-state index in [-0.39, 0.29) is 68.1 Å². The Labute approximate surface area is 453 Å². The number of aryl methyl sites for hydroxylation is 1. The maximum Gasteiger partial charge on any atom is 0.314 e. The molecule has 0 atom stereocenters. The van der Waals surface area contributed by atoms with Crippen LogP contribution in [-0.2, 0) is 17.8 Å². The molecular formula is C60H79N7O8S. The minimum atomic E-state index is -1.00. The predicted octanol–water partition coefficient (Wildman–Crippen LogP) is 11.2. The van der Waals surface area contributed by atoms with E-state index >= 15 is 0 Å². The van der Waals surface area contributed by atoms with Crippen LogP contribution < -0.4 is 47.1 Å². The molecule has 0 aliphatic heterocycles. The molecule has 2 aliphatic carbocycles. The van der Waals surface area contributed by atoms with Gasteiger partial charge in [0.15, 0.2) is 5.78 Å². The summed E-state index contributed by atoms with van der Waals surface area (Å²) in [6.45, 7) is 4.34. The Morgan fingerprint density at radius 1 is 0.816 bits per heavy atom. The number of Topliss-reactive ketones (excluding diaryl/α,β-unsaturated/α-hetero) is 1. The number of hydrogen-bond acceptors (Lipinski definition) is 11. The van der Waals surface area contributed by atoms with Crippen molar-refractivity contribution in [2.75, 3.05) is 62.3 Å². The summed E-state index contributed by atoms with van der Waals surface area (Å²) < 4.78 is 12.2. The standard InChI is InChI=1S/C60H79N7O8S/c1-3-4-5-6-7-15-27-63-60(73)64-29-28-62-58(71)49-33-47(19-11-12-20-56(69)70)57(55(36-49)75-40-45-25-30-76-41-45)66-39-53(68)51-37-54(74-2)52(35-46(51)18-13-14-26-61)67-59(72)48-31-44(24-21-42-16-9-8-10-17-42)32-50(34-48)65-38-43-22-23-43/h21,24-25,30-37,41-43,65-66H,3-10,12-18,20,22-23,26-29,38-40,61H2,1-2H3,(H,62,71)(H,67,72)(H,69,70)(H2,63,64,73)/b24-21+. The predicted molar refractivity (Wildman–Crippen MR) is 305 cm³/mol. The number of nitrogens with two attached hydrogens (primary N) is 1. The molecule has 0 bridgehead atoms. The summed E-state index contributed by atoms with van der Waals surface area (Å²) in [4.78, 5) is 66.4. The minimum absolute atomic E-state index is 0.0397. The summed E-state index contributed by atoms with van der Waals surface area (Å²) in [6.07, 6.45) is 21.4. The highest BCUT2D eigenvalue weighted by molar-refractivity contribution is 7.07. The van der Waals surface area contributed by atoms with Gasteiger partial charge in [0.25, 0.3) is 11.8 Å². The smallest absolute Gasteiger partial charge is 0.314 e. The molecule has 0 unspecified atom stereocenters. The third-order valence-electron chi connectivity index (χ3n) is 13.6. The first-order valence-corrected chi connectivity index (χ1v) is 28.4. The van der Waals surface area contributed by atoms with Crippen molar-refractivity contribution in [2.45, 2.75) is 129 Å². The Bertz CT molecular complexity index is 2630. The molecular weight excluding hydrogens is 979 g/mol. The van der Waals surface area contributed by atoms with Crippen LogP contribution in [0.2, 0.25) is 0 Å². The molecule has 1 aromatic heterocycles. The van der Waals surface area contributed by atoms with E-state index in [4.69, 9.17) is 15.2 Å². The van der Waals surface area contributed by atoms with Crippen LogP contribution in [0.4, 0.5) is 21.9 Å². The zero-order chi connectivity index (χ0) is 53.9. The van der Waals surface area contributed by atoms with E-state index in [1.165, 1.54) is 82.7 Å². The number of hydrogen-bond donors (Lipinski definition) is 8. The molecule has 15 nitrogen and oxygen atoms in total. The highest BCUT2D eigenvalue weighted by atomic mass is 32.1. The van der Waals surface area contributed by atoms with E-state index in [0.29, 0.717) is 77.1 Å². The number of anilines is 3. The summed E-state index contributed by atoms with van der Waals surface area (Å²) in [6, 6.07) is 14.1. The number of carboxylic acids is 1. The van der Waals surface area contributed by atoms with Crippen molar-refractivity contribution >= 4 is 64.1 Å². The third kappa shape index (κ3) is 20.0. The molecule has 76 heavy (non-hydrogen) atoms. The second-order valence-electron chi connectivity index (χ2n) is 19.8. The molecule has 2 fully saturated rings. The molecule has 0 radical (unpaired) electrons. The number of allylic oxidation sites excluding steroid dienone is 1. The van der Waals surface area contributed by atoms with Gasteiger partial charge in [-0.3, -0.25) is 19.2 Å². The number of carbonyl (C=O) groups excluding carboxylic acids is 4. The monoisotopic (exact) mass is 1060 g/mol. The van der Waals surface area contributed by atoms with Crippen LogP contribution in [0.1, 0.15) is 169 Å². The van der Waals surface area contributed by atoms with E-state index < -0.39 is 11.9 Å². The summed E-state index contributed by atoms with van der Waals surface area (Å²) in [5.41, 5.74) is 11.5. The maximum absolute atomic E-state index is 14.6. The van der Waals surface area contributed by atoms with Gasteiger partial charge in [0.2, 0.25) is 0 Å². The molecule has 2 aliphatic rings. The average Bonchev–Trinajstić information content (AvgIpc) is 4.12. The fourth-order valence-corrected chi connectivity index (χ4v) is 9.70. The summed E-state index contributed by atoms with van der Waals surface area (Å²) in [5.74, 6) is 5.64. The molecule has 0 spiro atoms. The number of nitrogens with one attached hydrogen (secondary N) is 6. The van der Waals surface area contributed by atoms with Gasteiger partial charge >= 0.3 is 12.0 Å². The van der Waals surface area contributed by atoms with E-state index in [2.05, 4.69) is 68.9 Å². The third-order valence-corrected chi connectivity index (χ3v) is 14.3. The number of rotatable bonds is 32. The number of urea groups is 1. The van der Waals surface area contributed by atoms with E-state index in [9.17, 15) is 29.1 Å². The molecule has 6 rings (SSSR count). The maximum atomic E-state index is 14.6. The minimum Gasteiger partial charge on any atom is -0.495 e. The van der Waals surface area contributed by atoms with Crippen LogP contribution in [0.15, 0.2) is 65.4 Å². The van der Waals surface area contributed by atoms with Crippen molar-refractivity contribution in [1.82, 2.24) is 16.0 Å². The van der Waals surface area contributed by atoms with Crippen molar-refractivity contribution in [3.05, 3.63) is 104 Å². The van der Waals surface area contributed by atoms with Crippen molar-refractivity contribution in [1.29, 1.82) is 0 Å². The lowest BCUT2D eigenvalue weighted by Crippen LogP contribution is -2.40. The van der Waals surface area contributed by atoms with Gasteiger partial charge in [0.1, 0.15) is 18.1 Å². The highest BCUT2D eigenvalue weighted by Gasteiger charge is 2.23. The van der Waals surface area contributed by atoms with Gasteiger partial charge in [-0.25, -0.2) is 4.79 Å². The normalized spacial score (nSPS) is 13.3. The van der Waals surface area contributed by atoms with Crippen LogP contribution in [-0.4, -0.2) is 81.1 Å². The van der Waals surface area contributed by atoms with Crippen molar-refractivity contribution < 1.29 is 38.6 Å². The Balaban J connectivity index is 1.22. The Morgan fingerprint density at radius 2 is 1.59 bits per heavy atom. The van der Waals surface area contributed by atoms with Crippen molar-refractivity contribution in [3.8, 4) is 23.3 Å². The quantitative estimate of drug-likeness (QED) is 0.0131. The van der Waals surface area contributed by atoms with E-state index in [1.807, 2.05) is 29.0 Å². The zero-order valence-electron chi connectivity index (χ0n) is 44.6. The lowest BCUT2D eigenvalue weighted by molar-refractivity contribution is -0.136. The van der Waals surface area contributed by atoms with Gasteiger partial charge < -0.3 is 52.2 Å². The molecule has 2 saturated carbocycles. The van der Waals surface area contributed by atoms with Crippen LogP contribution in [0, 0.1) is 23.7 Å². The topological polar surface area (TPSA) is 222 Å².